The highest BCUT2D eigenvalue weighted by atomic mass is 35.5. The monoisotopic (exact) mass is 429 g/mol. The third-order valence-corrected chi connectivity index (χ3v) is 6.07. The fourth-order valence-corrected chi connectivity index (χ4v) is 4.03. The van der Waals surface area contributed by atoms with E-state index in [1.807, 2.05) is 30.3 Å². The van der Waals surface area contributed by atoms with Crippen LogP contribution in [0.25, 0.3) is 10.2 Å². The van der Waals surface area contributed by atoms with Crippen LogP contribution in [0.5, 0.6) is 5.88 Å². The van der Waals surface area contributed by atoms with Crippen LogP contribution < -0.4 is 16.2 Å². The van der Waals surface area contributed by atoms with E-state index in [9.17, 15) is 9.59 Å². The number of hydrogen-bond acceptors (Lipinski definition) is 7. The number of primary amides is 1. The molecule has 0 fully saturated rings. The number of ether oxygens (including phenoxy) is 2. The molecule has 1 amide bonds. The minimum absolute atomic E-state index is 0.126. The summed E-state index contributed by atoms with van der Waals surface area (Å²) in [4.78, 5) is 29.0. The topological polar surface area (TPSA) is 118 Å². The van der Waals surface area contributed by atoms with Crippen LogP contribution >= 0.6 is 22.9 Å². The molecular formula is C20H16ClN3O4S. The van der Waals surface area contributed by atoms with Gasteiger partial charge in [-0.1, -0.05) is 41.9 Å². The van der Waals surface area contributed by atoms with Gasteiger partial charge in [0, 0.05) is 5.39 Å². The number of amides is 1. The number of aryl methyl sites for hydroxylation is 1. The van der Waals surface area contributed by atoms with Crippen LogP contribution in [-0.4, -0.2) is 22.5 Å². The second-order valence-corrected chi connectivity index (χ2v) is 7.91. The number of fused-ring (bicyclic) bond motifs is 1. The molecule has 2 heterocycles. The van der Waals surface area contributed by atoms with Crippen molar-refractivity contribution in [2.24, 2.45) is 5.73 Å². The standard InChI is InChI=1S/C20H16ClN3O4S/c1-10-12-14(22)15(18(25)28-20(7-8-20)19(23)26)29-17(12)24-16(13(10)21)27-9-11-5-3-2-4-6-11/h2-8H,9,22H2,1H3,(H2,23,26). The molecule has 1 aromatic carbocycles. The largest absolute Gasteiger partial charge is 0.472 e. The fourth-order valence-electron chi connectivity index (χ4n) is 2.82. The van der Waals surface area contributed by atoms with Crippen molar-refractivity contribution in [1.82, 2.24) is 4.98 Å². The van der Waals surface area contributed by atoms with E-state index in [0.717, 1.165) is 16.9 Å². The molecule has 1 aliphatic carbocycles. The smallest absolute Gasteiger partial charge is 0.352 e. The van der Waals surface area contributed by atoms with E-state index in [-0.39, 0.29) is 16.4 Å². The minimum Gasteiger partial charge on any atom is -0.472 e. The summed E-state index contributed by atoms with van der Waals surface area (Å²) in [6, 6.07) is 9.59. The van der Waals surface area contributed by atoms with Crippen LogP contribution in [0, 0.1) is 6.92 Å². The zero-order valence-electron chi connectivity index (χ0n) is 15.3. The molecule has 9 heteroatoms. The highest BCUT2D eigenvalue weighted by Crippen LogP contribution is 2.42. The highest BCUT2D eigenvalue weighted by Gasteiger charge is 2.45. The molecule has 3 aromatic rings. The highest BCUT2D eigenvalue weighted by molar-refractivity contribution is 7.21. The lowest BCUT2D eigenvalue weighted by molar-refractivity contribution is -0.127. The van der Waals surface area contributed by atoms with E-state index in [4.69, 9.17) is 32.5 Å². The van der Waals surface area contributed by atoms with Gasteiger partial charge in [-0.3, -0.25) is 4.79 Å². The number of nitrogens with zero attached hydrogens (tertiary/aromatic N) is 1. The van der Waals surface area contributed by atoms with Crippen LogP contribution in [0.15, 0.2) is 42.5 Å². The number of nitrogens with two attached hydrogens (primary N) is 2. The number of benzene rings is 1. The average Bonchev–Trinajstić information content (AvgIpc) is 3.41. The van der Waals surface area contributed by atoms with Crippen molar-refractivity contribution in [2.45, 2.75) is 19.1 Å². The van der Waals surface area contributed by atoms with Crippen LogP contribution in [0.3, 0.4) is 0 Å². The van der Waals surface area contributed by atoms with Crippen molar-refractivity contribution < 1.29 is 19.1 Å². The van der Waals surface area contributed by atoms with Gasteiger partial charge in [0.1, 0.15) is 21.3 Å². The number of thiophene rings is 1. The lowest BCUT2D eigenvalue weighted by atomic mass is 10.1. The summed E-state index contributed by atoms with van der Waals surface area (Å²) in [7, 11) is 0. The van der Waals surface area contributed by atoms with E-state index >= 15 is 0 Å². The summed E-state index contributed by atoms with van der Waals surface area (Å²) in [6.45, 7) is 2.06. The molecule has 0 radical (unpaired) electrons. The summed E-state index contributed by atoms with van der Waals surface area (Å²) >= 11 is 7.47. The molecule has 2 aromatic heterocycles. The number of halogens is 1. The van der Waals surface area contributed by atoms with Crippen LogP contribution in [0.4, 0.5) is 5.69 Å². The first-order valence-electron chi connectivity index (χ1n) is 8.61. The van der Waals surface area contributed by atoms with Gasteiger partial charge in [0.15, 0.2) is 0 Å². The molecule has 29 heavy (non-hydrogen) atoms. The Kier molecular flexibility index (Phi) is 4.68. The molecule has 0 unspecified atom stereocenters. The number of aromatic nitrogens is 1. The Labute approximate surface area is 174 Å². The number of pyridine rings is 1. The van der Waals surface area contributed by atoms with Crippen LogP contribution in [-0.2, 0) is 16.1 Å². The molecule has 0 atom stereocenters. The maximum Gasteiger partial charge on any atom is 0.352 e. The van der Waals surface area contributed by atoms with Gasteiger partial charge < -0.3 is 20.9 Å². The first-order chi connectivity index (χ1) is 13.8. The summed E-state index contributed by atoms with van der Waals surface area (Å²) in [5.74, 6) is -1.27. The normalized spacial score (nSPS) is 14.0. The van der Waals surface area contributed by atoms with Gasteiger partial charge in [-0.2, -0.15) is 0 Å². The average molecular weight is 430 g/mol. The third kappa shape index (κ3) is 3.41. The van der Waals surface area contributed by atoms with Crippen molar-refractivity contribution in [1.29, 1.82) is 0 Å². The summed E-state index contributed by atoms with van der Waals surface area (Å²) in [5, 5.41) is 0.867. The number of esters is 1. The van der Waals surface area contributed by atoms with Crippen molar-refractivity contribution >= 4 is 50.7 Å². The van der Waals surface area contributed by atoms with Crippen LogP contribution in [0.1, 0.15) is 20.8 Å². The molecule has 0 bridgehead atoms. The van der Waals surface area contributed by atoms with Gasteiger partial charge in [-0.25, -0.2) is 9.78 Å². The van der Waals surface area contributed by atoms with Crippen molar-refractivity contribution in [2.75, 3.05) is 5.73 Å². The van der Waals surface area contributed by atoms with Gasteiger partial charge in [0.2, 0.25) is 11.5 Å². The molecule has 0 saturated carbocycles. The zero-order chi connectivity index (χ0) is 20.8. The number of nitrogen functional groups attached to an aromatic ring is 1. The van der Waals surface area contributed by atoms with Gasteiger partial charge in [0.25, 0.3) is 5.91 Å². The van der Waals surface area contributed by atoms with Crippen molar-refractivity contribution in [3.05, 3.63) is 63.5 Å². The lowest BCUT2D eigenvalue weighted by Gasteiger charge is -2.12. The molecular weight excluding hydrogens is 414 g/mol. The number of rotatable bonds is 6. The third-order valence-electron chi connectivity index (χ3n) is 4.54. The fraction of sp³-hybridized carbons (Fsp3) is 0.150. The summed E-state index contributed by atoms with van der Waals surface area (Å²) in [5.41, 5.74) is 11.8. The Hall–Kier alpha value is -3.10. The number of anilines is 1. The zero-order valence-corrected chi connectivity index (χ0v) is 16.8. The van der Waals surface area contributed by atoms with E-state index in [1.165, 1.54) is 12.2 Å². The number of carbonyl (C=O) groups is 2. The minimum atomic E-state index is -1.47. The molecule has 148 valence electrons. The van der Waals surface area contributed by atoms with Gasteiger partial charge in [-0.15, -0.1) is 11.3 Å². The van der Waals surface area contributed by atoms with Gasteiger partial charge in [0.05, 0.1) is 5.69 Å². The second kappa shape index (κ2) is 7.06. The SMILES string of the molecule is Cc1c(Cl)c(OCc2ccccc2)nc2sc(C(=O)OC3(C(N)=O)C=C3)c(N)c12. The second-order valence-electron chi connectivity index (χ2n) is 6.54. The molecule has 0 aliphatic heterocycles. The number of carbonyl (C=O) groups excluding carboxylic acids is 2. The Balaban J connectivity index is 1.65. The van der Waals surface area contributed by atoms with E-state index < -0.39 is 17.5 Å². The Morgan fingerprint density at radius 1 is 1.24 bits per heavy atom. The molecule has 1 aliphatic rings. The molecule has 4 rings (SSSR count). The summed E-state index contributed by atoms with van der Waals surface area (Å²) < 4.78 is 11.0. The molecule has 4 N–H and O–H groups in total. The molecule has 0 spiro atoms. The Morgan fingerprint density at radius 3 is 2.55 bits per heavy atom. The lowest BCUT2D eigenvalue weighted by Crippen LogP contribution is -2.36. The van der Waals surface area contributed by atoms with Crippen molar-refractivity contribution in [3.8, 4) is 5.88 Å². The van der Waals surface area contributed by atoms with Crippen LogP contribution in [0.2, 0.25) is 5.02 Å². The molecule has 7 nitrogen and oxygen atoms in total. The van der Waals surface area contributed by atoms with Crippen molar-refractivity contribution in [3.63, 3.8) is 0 Å². The Bertz CT molecular complexity index is 1170. The van der Waals surface area contributed by atoms with E-state index in [1.54, 1.807) is 6.92 Å². The molecule has 0 saturated heterocycles. The predicted octanol–water partition coefficient (Wildman–Crippen LogP) is 3.37. The first-order valence-corrected chi connectivity index (χ1v) is 9.80. The van der Waals surface area contributed by atoms with Gasteiger partial charge in [-0.05, 0) is 30.2 Å². The maximum absolute atomic E-state index is 12.6. The number of hydrogen-bond donors (Lipinski definition) is 2. The first kappa shape index (κ1) is 19.2. The van der Waals surface area contributed by atoms with Gasteiger partial charge >= 0.3 is 5.97 Å². The van der Waals surface area contributed by atoms with E-state index in [2.05, 4.69) is 4.98 Å². The summed E-state index contributed by atoms with van der Waals surface area (Å²) in [6.07, 6.45) is 2.82. The van der Waals surface area contributed by atoms with E-state index in [0.29, 0.717) is 27.4 Å². The Morgan fingerprint density at radius 2 is 1.93 bits per heavy atom. The predicted molar refractivity (Wildman–Crippen MR) is 111 cm³/mol. The maximum atomic E-state index is 12.6. The quantitative estimate of drug-likeness (QED) is 0.458.